The number of hydrogen-bond acceptors (Lipinski definition) is 2. The summed E-state index contributed by atoms with van der Waals surface area (Å²) in [4.78, 5) is 3.07. The van der Waals surface area contributed by atoms with Gasteiger partial charge >= 0.3 is 0 Å². The van der Waals surface area contributed by atoms with Crippen molar-refractivity contribution < 1.29 is 0 Å². The molecule has 1 aromatic carbocycles. The van der Waals surface area contributed by atoms with Crippen molar-refractivity contribution in [3.8, 4) is 10.4 Å². The van der Waals surface area contributed by atoms with Crippen LogP contribution in [0.25, 0.3) is 10.4 Å². The molecule has 0 amide bonds. The highest BCUT2D eigenvalue weighted by Crippen LogP contribution is 2.56. The molecule has 1 aliphatic heterocycles. The number of benzene rings is 1. The molecule has 19 heavy (non-hydrogen) atoms. The third-order valence-corrected chi connectivity index (χ3v) is 6.41. The van der Waals surface area contributed by atoms with Crippen LogP contribution in [0.2, 0.25) is 0 Å². The molecular formula is C16H16BrNS. The lowest BCUT2D eigenvalue weighted by Crippen LogP contribution is -2.34. The summed E-state index contributed by atoms with van der Waals surface area (Å²) in [5.74, 6) is 0. The van der Waals surface area contributed by atoms with E-state index < -0.39 is 0 Å². The zero-order valence-corrected chi connectivity index (χ0v) is 13.3. The molecule has 1 aliphatic carbocycles. The fourth-order valence-corrected chi connectivity index (χ4v) is 4.76. The van der Waals surface area contributed by atoms with Crippen molar-refractivity contribution in [2.24, 2.45) is 0 Å². The number of hydrogen-bond donors (Lipinski definition) is 1. The molecule has 1 spiro atoms. The summed E-state index contributed by atoms with van der Waals surface area (Å²) in [6.07, 6.45) is 2.72. The van der Waals surface area contributed by atoms with E-state index in [2.05, 4.69) is 58.5 Å². The van der Waals surface area contributed by atoms with Crippen molar-refractivity contribution >= 4 is 27.3 Å². The molecule has 1 N–H and O–H groups in total. The molecule has 1 nitrogen and oxygen atoms in total. The second kappa shape index (κ2) is 4.18. The van der Waals surface area contributed by atoms with Crippen LogP contribution in [0.3, 0.4) is 0 Å². The summed E-state index contributed by atoms with van der Waals surface area (Å²) in [6, 6.07) is 11.6. The summed E-state index contributed by atoms with van der Waals surface area (Å²) in [5.41, 5.74) is 3.36. The van der Waals surface area contributed by atoms with E-state index >= 15 is 0 Å². The molecule has 98 valence electrons. The Bertz CT molecular complexity index is 625. The summed E-state index contributed by atoms with van der Waals surface area (Å²) >= 11 is 5.52. The Labute approximate surface area is 126 Å². The second-order valence-corrected chi connectivity index (χ2v) is 7.75. The number of rotatable bonds is 1. The smallest absolute Gasteiger partial charge is 0.0349 e. The predicted octanol–water partition coefficient (Wildman–Crippen LogP) is 4.87. The lowest BCUT2D eigenvalue weighted by Gasteiger charge is -2.27. The highest BCUT2D eigenvalue weighted by Gasteiger charge is 2.49. The first-order valence-corrected chi connectivity index (χ1v) is 8.42. The van der Waals surface area contributed by atoms with Crippen molar-refractivity contribution in [1.82, 2.24) is 5.32 Å². The molecule has 0 radical (unpaired) electrons. The molecule has 2 aliphatic rings. The first-order chi connectivity index (χ1) is 9.18. The Morgan fingerprint density at radius 3 is 2.68 bits per heavy atom. The van der Waals surface area contributed by atoms with Crippen LogP contribution < -0.4 is 5.32 Å². The van der Waals surface area contributed by atoms with E-state index in [9.17, 15) is 0 Å². The number of nitrogens with one attached hydrogen (secondary N) is 1. The summed E-state index contributed by atoms with van der Waals surface area (Å²) in [7, 11) is 0. The first kappa shape index (κ1) is 12.1. The molecule has 2 heterocycles. The molecule has 1 saturated carbocycles. The molecule has 3 heteroatoms. The van der Waals surface area contributed by atoms with Gasteiger partial charge in [-0.05, 0) is 49.1 Å². The van der Waals surface area contributed by atoms with Gasteiger partial charge in [-0.3, -0.25) is 0 Å². The van der Waals surface area contributed by atoms with Gasteiger partial charge in [0, 0.05) is 32.2 Å². The third-order valence-electron chi connectivity index (χ3n) is 4.44. The lowest BCUT2D eigenvalue weighted by atomic mass is 9.92. The highest BCUT2D eigenvalue weighted by atomic mass is 79.9. The van der Waals surface area contributed by atoms with Crippen LogP contribution >= 0.6 is 27.3 Å². The Balaban J connectivity index is 1.81. The Hall–Kier alpha value is -0.640. The largest absolute Gasteiger partial charge is 0.309 e. The molecule has 1 fully saturated rings. The SMILES string of the molecule is CC1NCC2(CC2)c2sc(-c3ccc(Br)cc3)cc21. The molecule has 0 bridgehead atoms. The molecular weight excluding hydrogens is 318 g/mol. The lowest BCUT2D eigenvalue weighted by molar-refractivity contribution is 0.474. The normalized spacial score (nSPS) is 23.4. The van der Waals surface area contributed by atoms with Gasteiger partial charge in [-0.25, -0.2) is 0 Å². The van der Waals surface area contributed by atoms with E-state index in [1.807, 2.05) is 11.3 Å². The van der Waals surface area contributed by atoms with Gasteiger partial charge in [-0.2, -0.15) is 0 Å². The van der Waals surface area contributed by atoms with Crippen molar-refractivity contribution in [3.63, 3.8) is 0 Å². The van der Waals surface area contributed by atoms with E-state index in [1.165, 1.54) is 35.4 Å². The zero-order chi connectivity index (χ0) is 13.0. The van der Waals surface area contributed by atoms with Crippen molar-refractivity contribution in [1.29, 1.82) is 0 Å². The molecule has 0 saturated heterocycles. The van der Waals surface area contributed by atoms with Crippen LogP contribution in [0.4, 0.5) is 0 Å². The average molecular weight is 334 g/mol. The van der Waals surface area contributed by atoms with Crippen molar-refractivity contribution in [3.05, 3.63) is 45.2 Å². The van der Waals surface area contributed by atoms with Gasteiger partial charge in [0.1, 0.15) is 0 Å². The second-order valence-electron chi connectivity index (χ2n) is 5.78. The topological polar surface area (TPSA) is 12.0 Å². The average Bonchev–Trinajstić information content (AvgIpc) is 3.04. The monoisotopic (exact) mass is 333 g/mol. The van der Waals surface area contributed by atoms with Gasteiger partial charge in [0.25, 0.3) is 0 Å². The minimum Gasteiger partial charge on any atom is -0.309 e. The maximum atomic E-state index is 3.66. The summed E-state index contributed by atoms with van der Waals surface area (Å²) < 4.78 is 1.14. The van der Waals surface area contributed by atoms with Gasteiger partial charge in [-0.15, -0.1) is 11.3 Å². The minimum absolute atomic E-state index is 0.486. The molecule has 4 rings (SSSR count). The molecule has 1 unspecified atom stereocenters. The number of halogens is 1. The predicted molar refractivity (Wildman–Crippen MR) is 84.8 cm³/mol. The van der Waals surface area contributed by atoms with Crippen LogP contribution in [-0.2, 0) is 5.41 Å². The van der Waals surface area contributed by atoms with Crippen LogP contribution in [0.1, 0.15) is 36.2 Å². The summed E-state index contributed by atoms with van der Waals surface area (Å²) in [6.45, 7) is 3.45. The first-order valence-electron chi connectivity index (χ1n) is 6.81. The van der Waals surface area contributed by atoms with E-state index in [0.717, 1.165) is 4.47 Å². The van der Waals surface area contributed by atoms with Gasteiger partial charge in [0.15, 0.2) is 0 Å². The van der Waals surface area contributed by atoms with Crippen LogP contribution in [0, 0.1) is 0 Å². The maximum absolute atomic E-state index is 3.66. The van der Waals surface area contributed by atoms with Crippen molar-refractivity contribution in [2.75, 3.05) is 6.54 Å². The quantitative estimate of drug-likeness (QED) is 0.784. The van der Waals surface area contributed by atoms with E-state index in [-0.39, 0.29) is 0 Å². The fraction of sp³-hybridized carbons (Fsp3) is 0.375. The van der Waals surface area contributed by atoms with E-state index in [0.29, 0.717) is 11.5 Å². The zero-order valence-electron chi connectivity index (χ0n) is 10.9. The maximum Gasteiger partial charge on any atom is 0.0349 e. The minimum atomic E-state index is 0.486. The Morgan fingerprint density at radius 2 is 2.00 bits per heavy atom. The van der Waals surface area contributed by atoms with Crippen LogP contribution in [0.15, 0.2) is 34.8 Å². The van der Waals surface area contributed by atoms with Gasteiger partial charge in [0.2, 0.25) is 0 Å². The van der Waals surface area contributed by atoms with Gasteiger partial charge < -0.3 is 5.32 Å². The van der Waals surface area contributed by atoms with Crippen LogP contribution in [-0.4, -0.2) is 6.54 Å². The molecule has 1 aromatic heterocycles. The Morgan fingerprint density at radius 1 is 1.26 bits per heavy atom. The van der Waals surface area contributed by atoms with Crippen LogP contribution in [0.5, 0.6) is 0 Å². The standard InChI is InChI=1S/C16H16BrNS/c1-10-13-8-14(11-2-4-12(17)5-3-11)19-15(13)16(6-7-16)9-18-10/h2-5,8,10,18H,6-7,9H2,1H3. The Kier molecular flexibility index (Phi) is 2.66. The fourth-order valence-electron chi connectivity index (χ4n) is 2.99. The third kappa shape index (κ3) is 1.91. The number of fused-ring (bicyclic) bond motifs is 2. The number of thiophene rings is 1. The van der Waals surface area contributed by atoms with Gasteiger partial charge in [0.05, 0.1) is 0 Å². The highest BCUT2D eigenvalue weighted by molar-refractivity contribution is 9.10. The molecule has 1 atom stereocenters. The summed E-state index contributed by atoms with van der Waals surface area (Å²) in [5, 5.41) is 3.66. The molecule has 2 aromatic rings. The van der Waals surface area contributed by atoms with Gasteiger partial charge in [-0.1, -0.05) is 28.1 Å². The van der Waals surface area contributed by atoms with E-state index in [1.54, 1.807) is 4.88 Å². The van der Waals surface area contributed by atoms with Crippen molar-refractivity contribution in [2.45, 2.75) is 31.2 Å². The van der Waals surface area contributed by atoms with E-state index in [4.69, 9.17) is 0 Å².